The van der Waals surface area contributed by atoms with Crippen LogP contribution in [-0.2, 0) is 9.59 Å². The Bertz CT molecular complexity index is 789. The number of nitrogens with zero attached hydrogens (tertiary/aromatic N) is 1. The molecule has 2 amide bonds. The molecule has 7 heteroatoms. The minimum atomic E-state index is -0.795. The lowest BCUT2D eigenvalue weighted by atomic mass is 10.2. The molecule has 0 saturated carbocycles. The first-order valence-corrected chi connectivity index (χ1v) is 7.93. The molecular weight excluding hydrogens is 342 g/mol. The lowest BCUT2D eigenvalue weighted by molar-refractivity contribution is -0.133. The fourth-order valence-electron chi connectivity index (χ4n) is 2.14. The van der Waals surface area contributed by atoms with Crippen LogP contribution in [0.25, 0.3) is 0 Å². The third-order valence-electron chi connectivity index (χ3n) is 3.58. The van der Waals surface area contributed by atoms with E-state index in [1.807, 2.05) is 31.1 Å². The Labute approximate surface area is 151 Å². The number of benzene rings is 2. The molecule has 0 heterocycles. The van der Waals surface area contributed by atoms with Crippen LogP contribution in [-0.4, -0.2) is 33.0 Å². The first-order chi connectivity index (χ1) is 11.8. The second-order valence-corrected chi connectivity index (χ2v) is 6.06. The SMILES string of the molecule is COc1cc(Cl)c(C)cc1NC(=O)C(=O)Nc1ccc(N(C)C)cc1. The number of methoxy groups -OCH3 is 1. The van der Waals surface area contributed by atoms with E-state index in [-0.39, 0.29) is 0 Å². The summed E-state index contributed by atoms with van der Waals surface area (Å²) in [7, 11) is 5.30. The van der Waals surface area contributed by atoms with Crippen molar-refractivity contribution in [2.75, 3.05) is 36.7 Å². The number of rotatable bonds is 4. The predicted octanol–water partition coefficient (Wildman–Crippen LogP) is 3.30. The van der Waals surface area contributed by atoms with E-state index < -0.39 is 11.8 Å². The number of carbonyl (C=O) groups is 2. The van der Waals surface area contributed by atoms with Crippen LogP contribution in [0.5, 0.6) is 5.75 Å². The molecule has 0 radical (unpaired) electrons. The van der Waals surface area contributed by atoms with Crippen LogP contribution in [0.1, 0.15) is 5.56 Å². The highest BCUT2D eigenvalue weighted by molar-refractivity contribution is 6.43. The van der Waals surface area contributed by atoms with Crippen molar-refractivity contribution in [2.24, 2.45) is 0 Å². The van der Waals surface area contributed by atoms with Gasteiger partial charge in [0.15, 0.2) is 0 Å². The van der Waals surface area contributed by atoms with Crippen molar-refractivity contribution in [2.45, 2.75) is 6.92 Å². The van der Waals surface area contributed by atoms with Crippen LogP contribution in [0.15, 0.2) is 36.4 Å². The van der Waals surface area contributed by atoms with Gasteiger partial charge in [-0.2, -0.15) is 0 Å². The summed E-state index contributed by atoms with van der Waals surface area (Å²) in [6, 6.07) is 10.4. The van der Waals surface area contributed by atoms with Crippen molar-refractivity contribution in [3.05, 3.63) is 47.0 Å². The van der Waals surface area contributed by atoms with Gasteiger partial charge < -0.3 is 20.3 Å². The predicted molar refractivity (Wildman–Crippen MR) is 101 cm³/mol. The molecule has 0 aliphatic heterocycles. The molecule has 0 fully saturated rings. The number of anilines is 3. The highest BCUT2D eigenvalue weighted by atomic mass is 35.5. The van der Waals surface area contributed by atoms with Gasteiger partial charge in [0.05, 0.1) is 12.8 Å². The Kier molecular flexibility index (Phi) is 5.88. The molecule has 0 bridgehead atoms. The molecule has 0 atom stereocenters. The Morgan fingerprint density at radius 2 is 1.64 bits per heavy atom. The van der Waals surface area contributed by atoms with Gasteiger partial charge in [0.1, 0.15) is 5.75 Å². The van der Waals surface area contributed by atoms with Crippen LogP contribution in [0.2, 0.25) is 5.02 Å². The number of carbonyl (C=O) groups excluding carboxylic acids is 2. The van der Waals surface area contributed by atoms with Gasteiger partial charge in [-0.15, -0.1) is 0 Å². The number of halogens is 1. The maximum Gasteiger partial charge on any atom is 0.314 e. The summed E-state index contributed by atoms with van der Waals surface area (Å²) in [4.78, 5) is 26.2. The quantitative estimate of drug-likeness (QED) is 0.820. The molecule has 2 aromatic rings. The monoisotopic (exact) mass is 361 g/mol. The summed E-state index contributed by atoms with van der Waals surface area (Å²) >= 11 is 6.03. The third-order valence-corrected chi connectivity index (χ3v) is 3.98. The van der Waals surface area contributed by atoms with Gasteiger partial charge in [-0.05, 0) is 42.8 Å². The van der Waals surface area contributed by atoms with E-state index in [0.717, 1.165) is 11.3 Å². The molecule has 0 aromatic heterocycles. The molecule has 6 nitrogen and oxygen atoms in total. The Hall–Kier alpha value is -2.73. The van der Waals surface area contributed by atoms with E-state index in [9.17, 15) is 9.59 Å². The molecule has 0 aliphatic carbocycles. The Morgan fingerprint density at radius 3 is 2.20 bits per heavy atom. The van der Waals surface area contributed by atoms with E-state index in [1.165, 1.54) is 7.11 Å². The van der Waals surface area contributed by atoms with Crippen LogP contribution < -0.4 is 20.3 Å². The number of aryl methyl sites for hydroxylation is 1. The molecule has 0 unspecified atom stereocenters. The summed E-state index contributed by atoms with van der Waals surface area (Å²) in [6.07, 6.45) is 0. The van der Waals surface area contributed by atoms with Crippen LogP contribution in [0, 0.1) is 6.92 Å². The molecular formula is C18H20ClN3O3. The minimum Gasteiger partial charge on any atom is -0.495 e. The molecule has 25 heavy (non-hydrogen) atoms. The van der Waals surface area contributed by atoms with Gasteiger partial charge in [0.25, 0.3) is 0 Å². The van der Waals surface area contributed by atoms with Crippen molar-refractivity contribution in [1.82, 2.24) is 0 Å². The maximum atomic E-state index is 12.1. The largest absolute Gasteiger partial charge is 0.495 e. The van der Waals surface area contributed by atoms with Gasteiger partial charge in [-0.1, -0.05) is 11.6 Å². The molecule has 2 aromatic carbocycles. The zero-order valence-corrected chi connectivity index (χ0v) is 15.3. The van der Waals surface area contributed by atoms with E-state index in [2.05, 4.69) is 10.6 Å². The van der Waals surface area contributed by atoms with Crippen molar-refractivity contribution < 1.29 is 14.3 Å². The fraction of sp³-hybridized carbons (Fsp3) is 0.222. The van der Waals surface area contributed by atoms with E-state index in [0.29, 0.717) is 22.1 Å². The van der Waals surface area contributed by atoms with Crippen molar-refractivity contribution >= 4 is 40.5 Å². The number of hydrogen-bond donors (Lipinski definition) is 2. The zero-order chi connectivity index (χ0) is 18.6. The zero-order valence-electron chi connectivity index (χ0n) is 14.5. The fourth-order valence-corrected chi connectivity index (χ4v) is 2.29. The van der Waals surface area contributed by atoms with Crippen LogP contribution >= 0.6 is 11.6 Å². The average molecular weight is 362 g/mol. The van der Waals surface area contributed by atoms with Gasteiger partial charge in [0, 0.05) is 36.6 Å². The topological polar surface area (TPSA) is 70.7 Å². The van der Waals surface area contributed by atoms with Crippen molar-refractivity contribution in [3.8, 4) is 5.75 Å². The van der Waals surface area contributed by atoms with Crippen LogP contribution in [0.4, 0.5) is 17.1 Å². The Balaban J connectivity index is 2.08. The number of ether oxygens (including phenoxy) is 1. The Morgan fingerprint density at radius 1 is 1.04 bits per heavy atom. The normalized spacial score (nSPS) is 10.1. The second kappa shape index (κ2) is 7.90. The number of nitrogens with one attached hydrogen (secondary N) is 2. The summed E-state index contributed by atoms with van der Waals surface area (Å²) in [5.41, 5.74) is 2.67. The van der Waals surface area contributed by atoms with Gasteiger partial charge in [0.2, 0.25) is 0 Å². The lowest BCUT2D eigenvalue weighted by Gasteiger charge is -2.14. The molecule has 132 valence electrons. The van der Waals surface area contributed by atoms with E-state index in [1.54, 1.807) is 31.2 Å². The minimum absolute atomic E-state index is 0.382. The van der Waals surface area contributed by atoms with E-state index >= 15 is 0 Å². The van der Waals surface area contributed by atoms with E-state index in [4.69, 9.17) is 16.3 Å². The van der Waals surface area contributed by atoms with Gasteiger partial charge in [-0.3, -0.25) is 9.59 Å². The third kappa shape index (κ3) is 4.64. The summed E-state index contributed by atoms with van der Waals surface area (Å²) in [5.74, 6) is -1.18. The van der Waals surface area contributed by atoms with Crippen molar-refractivity contribution in [1.29, 1.82) is 0 Å². The summed E-state index contributed by atoms with van der Waals surface area (Å²) in [5, 5.41) is 5.61. The molecule has 2 N–H and O–H groups in total. The highest BCUT2D eigenvalue weighted by Crippen LogP contribution is 2.30. The first kappa shape index (κ1) is 18.6. The standard InChI is InChI=1S/C18H20ClN3O3/c1-11-9-15(16(25-4)10-14(11)19)21-18(24)17(23)20-12-5-7-13(8-6-12)22(2)3/h5-10H,1-4H3,(H,20,23)(H,21,24). The van der Waals surface area contributed by atoms with Crippen molar-refractivity contribution in [3.63, 3.8) is 0 Å². The number of amides is 2. The van der Waals surface area contributed by atoms with Gasteiger partial charge in [-0.25, -0.2) is 0 Å². The summed E-state index contributed by atoms with van der Waals surface area (Å²) < 4.78 is 5.18. The number of hydrogen-bond acceptors (Lipinski definition) is 4. The lowest BCUT2D eigenvalue weighted by Crippen LogP contribution is -2.29. The molecule has 0 spiro atoms. The smallest absolute Gasteiger partial charge is 0.314 e. The van der Waals surface area contributed by atoms with Crippen LogP contribution in [0.3, 0.4) is 0 Å². The average Bonchev–Trinajstić information content (AvgIpc) is 2.58. The second-order valence-electron chi connectivity index (χ2n) is 5.65. The highest BCUT2D eigenvalue weighted by Gasteiger charge is 2.17. The summed E-state index contributed by atoms with van der Waals surface area (Å²) in [6.45, 7) is 1.80. The maximum absolute atomic E-state index is 12.1. The first-order valence-electron chi connectivity index (χ1n) is 7.55. The van der Waals surface area contributed by atoms with Gasteiger partial charge >= 0.3 is 11.8 Å². The molecule has 2 rings (SSSR count). The molecule has 0 saturated heterocycles. The molecule has 0 aliphatic rings.